The van der Waals surface area contributed by atoms with Gasteiger partial charge in [-0.25, -0.2) is 0 Å². The van der Waals surface area contributed by atoms with Gasteiger partial charge in [-0.05, 0) is 63.1 Å². The Bertz CT molecular complexity index is 865. The lowest BCUT2D eigenvalue weighted by Crippen LogP contribution is -2.27. The average molecular weight is 367 g/mol. The van der Waals surface area contributed by atoms with Crippen molar-refractivity contribution in [2.24, 2.45) is 0 Å². The monoisotopic (exact) mass is 367 g/mol. The lowest BCUT2D eigenvalue weighted by atomic mass is 10.0. The second kappa shape index (κ2) is 7.06. The Labute approximate surface area is 159 Å². The van der Waals surface area contributed by atoms with E-state index in [4.69, 9.17) is 9.47 Å². The van der Waals surface area contributed by atoms with Crippen molar-refractivity contribution in [2.75, 3.05) is 12.0 Å². The first-order valence-electron chi connectivity index (χ1n) is 9.01. The van der Waals surface area contributed by atoms with Crippen LogP contribution in [0.2, 0.25) is 0 Å². The Morgan fingerprint density at radius 3 is 2.37 bits per heavy atom. The summed E-state index contributed by atoms with van der Waals surface area (Å²) >= 11 is 0. The van der Waals surface area contributed by atoms with Crippen LogP contribution in [0.25, 0.3) is 0 Å². The fraction of sp³-hybridized carbons (Fsp3) is 0.364. The highest BCUT2D eigenvalue weighted by Gasteiger charge is 2.29. The second-order valence-corrected chi connectivity index (χ2v) is 7.76. The summed E-state index contributed by atoms with van der Waals surface area (Å²) in [6.07, 6.45) is 0. The molecule has 27 heavy (non-hydrogen) atoms. The molecule has 0 bridgehead atoms. The normalized spacial score (nSPS) is 14.7. The van der Waals surface area contributed by atoms with Gasteiger partial charge in [0.25, 0.3) is 5.91 Å². The predicted octanol–water partition coefficient (Wildman–Crippen LogP) is 4.30. The van der Waals surface area contributed by atoms with E-state index in [-0.39, 0.29) is 17.8 Å². The molecule has 5 heteroatoms. The number of hydrogen-bond acceptors (Lipinski definition) is 4. The smallest absolute Gasteiger partial charge is 0.313 e. The molecule has 3 rings (SSSR count). The SMILES string of the molecule is COc1ccc2c(c1)C(=O)N(c1ccc(C(C)C(=O)OC(C)(C)C)cc1)C2. The maximum absolute atomic E-state index is 12.7. The molecular formula is C22H25NO4. The zero-order chi connectivity index (χ0) is 19.8. The first-order valence-corrected chi connectivity index (χ1v) is 9.01. The van der Waals surface area contributed by atoms with Gasteiger partial charge in [0.2, 0.25) is 0 Å². The van der Waals surface area contributed by atoms with E-state index < -0.39 is 5.60 Å². The molecule has 5 nitrogen and oxygen atoms in total. The lowest BCUT2D eigenvalue weighted by Gasteiger charge is -2.23. The van der Waals surface area contributed by atoms with E-state index in [0.29, 0.717) is 17.9 Å². The second-order valence-electron chi connectivity index (χ2n) is 7.76. The van der Waals surface area contributed by atoms with Crippen LogP contribution in [0.5, 0.6) is 5.75 Å². The lowest BCUT2D eigenvalue weighted by molar-refractivity contribution is -0.156. The topological polar surface area (TPSA) is 55.8 Å². The Hall–Kier alpha value is -2.82. The summed E-state index contributed by atoms with van der Waals surface area (Å²) in [5.41, 5.74) is 2.79. The predicted molar refractivity (Wildman–Crippen MR) is 104 cm³/mol. The molecule has 142 valence electrons. The van der Waals surface area contributed by atoms with Crippen LogP contribution in [0, 0.1) is 0 Å². The fourth-order valence-electron chi connectivity index (χ4n) is 3.08. The van der Waals surface area contributed by atoms with Crippen molar-refractivity contribution in [3.63, 3.8) is 0 Å². The van der Waals surface area contributed by atoms with Gasteiger partial charge in [-0.2, -0.15) is 0 Å². The maximum Gasteiger partial charge on any atom is 0.313 e. The number of methoxy groups -OCH3 is 1. The number of benzene rings is 2. The van der Waals surface area contributed by atoms with Gasteiger partial charge in [0, 0.05) is 11.3 Å². The molecule has 1 unspecified atom stereocenters. The summed E-state index contributed by atoms with van der Waals surface area (Å²) in [4.78, 5) is 26.7. The third-order valence-corrected chi connectivity index (χ3v) is 4.59. The highest BCUT2D eigenvalue weighted by Crippen LogP contribution is 2.31. The first-order chi connectivity index (χ1) is 12.7. The number of carbonyl (C=O) groups is 2. The molecule has 1 heterocycles. The van der Waals surface area contributed by atoms with E-state index in [2.05, 4.69) is 0 Å². The molecule has 0 spiro atoms. The zero-order valence-electron chi connectivity index (χ0n) is 16.4. The van der Waals surface area contributed by atoms with Crippen LogP contribution in [0.3, 0.4) is 0 Å². The van der Waals surface area contributed by atoms with Gasteiger partial charge in [-0.15, -0.1) is 0 Å². The van der Waals surface area contributed by atoms with Crippen molar-refractivity contribution in [1.82, 2.24) is 0 Å². The molecule has 0 saturated carbocycles. The number of hydrogen-bond donors (Lipinski definition) is 0. The van der Waals surface area contributed by atoms with Gasteiger partial charge in [0.05, 0.1) is 19.6 Å². The summed E-state index contributed by atoms with van der Waals surface area (Å²) in [6, 6.07) is 13.1. The van der Waals surface area contributed by atoms with E-state index in [1.807, 2.05) is 64.1 Å². The van der Waals surface area contributed by atoms with Gasteiger partial charge < -0.3 is 14.4 Å². The summed E-state index contributed by atoms with van der Waals surface area (Å²) in [5.74, 6) is 0.00309. The Kier molecular flexibility index (Phi) is 4.96. The number of fused-ring (bicyclic) bond motifs is 1. The van der Waals surface area contributed by atoms with E-state index in [1.165, 1.54) is 0 Å². The van der Waals surface area contributed by atoms with Crippen molar-refractivity contribution in [1.29, 1.82) is 0 Å². The Morgan fingerprint density at radius 1 is 1.11 bits per heavy atom. The zero-order valence-corrected chi connectivity index (χ0v) is 16.4. The first kappa shape index (κ1) is 19.0. The van der Waals surface area contributed by atoms with E-state index in [0.717, 1.165) is 16.8 Å². The number of anilines is 1. The molecule has 2 aromatic rings. The molecule has 0 saturated heterocycles. The molecule has 1 amide bonds. The molecule has 1 atom stereocenters. The number of esters is 1. The molecule has 2 aromatic carbocycles. The van der Waals surface area contributed by atoms with Gasteiger partial charge >= 0.3 is 5.97 Å². The Morgan fingerprint density at radius 2 is 1.78 bits per heavy atom. The van der Waals surface area contributed by atoms with Crippen LogP contribution in [0.1, 0.15) is 55.1 Å². The maximum atomic E-state index is 12.7. The van der Waals surface area contributed by atoms with Crippen LogP contribution >= 0.6 is 0 Å². The minimum Gasteiger partial charge on any atom is -0.497 e. The van der Waals surface area contributed by atoms with Crippen LogP contribution in [0.4, 0.5) is 5.69 Å². The summed E-state index contributed by atoms with van der Waals surface area (Å²) < 4.78 is 10.7. The summed E-state index contributed by atoms with van der Waals surface area (Å²) in [5, 5.41) is 0. The summed E-state index contributed by atoms with van der Waals surface area (Å²) in [6.45, 7) is 7.91. The number of nitrogens with zero attached hydrogens (tertiary/aromatic N) is 1. The van der Waals surface area contributed by atoms with E-state index in [1.54, 1.807) is 18.1 Å². The van der Waals surface area contributed by atoms with Crippen molar-refractivity contribution in [2.45, 2.75) is 45.8 Å². The third-order valence-electron chi connectivity index (χ3n) is 4.59. The van der Waals surface area contributed by atoms with Crippen molar-refractivity contribution in [3.8, 4) is 5.75 Å². The molecule has 0 N–H and O–H groups in total. The summed E-state index contributed by atoms with van der Waals surface area (Å²) in [7, 11) is 1.59. The quantitative estimate of drug-likeness (QED) is 0.756. The largest absolute Gasteiger partial charge is 0.497 e. The fourth-order valence-corrected chi connectivity index (χ4v) is 3.08. The number of amides is 1. The van der Waals surface area contributed by atoms with Crippen LogP contribution in [-0.2, 0) is 16.1 Å². The van der Waals surface area contributed by atoms with Gasteiger partial charge in [0.15, 0.2) is 0 Å². The molecule has 1 aliphatic heterocycles. The minimum atomic E-state index is -0.514. The number of ether oxygens (including phenoxy) is 2. The van der Waals surface area contributed by atoms with Crippen LogP contribution in [-0.4, -0.2) is 24.6 Å². The van der Waals surface area contributed by atoms with Crippen molar-refractivity contribution >= 4 is 17.6 Å². The van der Waals surface area contributed by atoms with Crippen molar-refractivity contribution in [3.05, 3.63) is 59.2 Å². The van der Waals surface area contributed by atoms with E-state index in [9.17, 15) is 9.59 Å². The minimum absolute atomic E-state index is 0.0446. The highest BCUT2D eigenvalue weighted by atomic mass is 16.6. The van der Waals surface area contributed by atoms with Crippen LogP contribution in [0.15, 0.2) is 42.5 Å². The molecule has 0 radical (unpaired) electrons. The third kappa shape index (κ3) is 3.97. The molecule has 0 aliphatic carbocycles. The molecular weight excluding hydrogens is 342 g/mol. The van der Waals surface area contributed by atoms with E-state index >= 15 is 0 Å². The average Bonchev–Trinajstić information content (AvgIpc) is 2.96. The highest BCUT2D eigenvalue weighted by molar-refractivity contribution is 6.10. The number of rotatable bonds is 4. The molecule has 0 aromatic heterocycles. The van der Waals surface area contributed by atoms with Crippen molar-refractivity contribution < 1.29 is 19.1 Å². The van der Waals surface area contributed by atoms with Gasteiger partial charge in [-0.3, -0.25) is 9.59 Å². The molecule has 1 aliphatic rings. The van der Waals surface area contributed by atoms with Crippen LogP contribution < -0.4 is 9.64 Å². The number of carbonyl (C=O) groups excluding carboxylic acids is 2. The van der Waals surface area contributed by atoms with Gasteiger partial charge in [0.1, 0.15) is 11.4 Å². The molecule has 0 fully saturated rings. The standard InChI is InChI=1S/C22H25NO4/c1-14(21(25)27-22(2,3)4)15-6-9-17(10-7-15)23-13-16-8-11-18(26-5)12-19(16)20(23)24/h6-12,14H,13H2,1-5H3. The van der Waals surface area contributed by atoms with Gasteiger partial charge in [-0.1, -0.05) is 18.2 Å². The Balaban J connectivity index is 1.76.